The van der Waals surface area contributed by atoms with Crippen LogP contribution in [0.4, 0.5) is 5.82 Å². The Morgan fingerprint density at radius 3 is 2.23 bits per heavy atom. The standard InChI is InChI=1S/C13H23NO.C4H4ClN3.CH2O2/c1-12(2,3)6-11(15)14-7-9-10(8-14)13(9,4)5;5-3-1-7-2-4(6)8-3;2-1-3/h9-10H,6-8H2,1-5H3;1-2H,(H2,6,8);1H,(H,2,3). The van der Waals surface area contributed by atoms with Gasteiger partial charge in [0.25, 0.3) is 6.47 Å². The van der Waals surface area contributed by atoms with Gasteiger partial charge in [0.05, 0.1) is 12.4 Å². The molecule has 1 saturated heterocycles. The predicted octanol–water partition coefficient (Wildman–Crippen LogP) is 2.95. The molecule has 2 heterocycles. The third-order valence-electron chi connectivity index (χ3n) is 4.78. The molecule has 1 saturated carbocycles. The highest BCUT2D eigenvalue weighted by atomic mass is 35.5. The Hall–Kier alpha value is -1.89. The van der Waals surface area contributed by atoms with E-state index in [0.29, 0.717) is 28.7 Å². The van der Waals surface area contributed by atoms with Crippen LogP contribution in [0.5, 0.6) is 0 Å². The molecule has 26 heavy (non-hydrogen) atoms. The summed E-state index contributed by atoms with van der Waals surface area (Å²) in [5.41, 5.74) is 5.84. The van der Waals surface area contributed by atoms with E-state index in [1.807, 2.05) is 0 Å². The van der Waals surface area contributed by atoms with Crippen LogP contribution in [0.2, 0.25) is 5.15 Å². The molecular formula is C18H29ClN4O3. The van der Waals surface area contributed by atoms with Gasteiger partial charge in [0.15, 0.2) is 0 Å². The summed E-state index contributed by atoms with van der Waals surface area (Å²) in [7, 11) is 0. The molecule has 3 rings (SSSR count). The van der Waals surface area contributed by atoms with Crippen LogP contribution in [0, 0.1) is 22.7 Å². The minimum Gasteiger partial charge on any atom is -0.483 e. The number of halogens is 1. The fourth-order valence-electron chi connectivity index (χ4n) is 3.26. The monoisotopic (exact) mass is 384 g/mol. The van der Waals surface area contributed by atoms with Crippen LogP contribution >= 0.6 is 11.6 Å². The number of nitrogen functional groups attached to an aromatic ring is 1. The first-order valence-corrected chi connectivity index (χ1v) is 8.88. The Kier molecular flexibility index (Phi) is 7.38. The zero-order valence-electron chi connectivity index (χ0n) is 16.1. The maximum absolute atomic E-state index is 12.0. The number of fused-ring (bicyclic) bond motifs is 1. The van der Waals surface area contributed by atoms with Crippen LogP contribution in [0.25, 0.3) is 0 Å². The first-order chi connectivity index (χ1) is 11.9. The number of rotatable bonds is 1. The average molecular weight is 385 g/mol. The minimum absolute atomic E-state index is 0.124. The molecule has 146 valence electrons. The summed E-state index contributed by atoms with van der Waals surface area (Å²) < 4.78 is 0. The van der Waals surface area contributed by atoms with Crippen LogP contribution in [0.15, 0.2) is 12.4 Å². The van der Waals surface area contributed by atoms with Gasteiger partial charge in [-0.05, 0) is 22.7 Å². The van der Waals surface area contributed by atoms with Gasteiger partial charge in [0.2, 0.25) is 5.91 Å². The molecule has 1 aromatic rings. The zero-order chi connectivity index (χ0) is 20.1. The summed E-state index contributed by atoms with van der Waals surface area (Å²) in [6.07, 6.45) is 3.55. The van der Waals surface area contributed by atoms with Crippen molar-refractivity contribution in [2.45, 2.75) is 41.0 Å². The summed E-state index contributed by atoms with van der Waals surface area (Å²) in [6.45, 7) is 12.8. The molecule has 2 aliphatic rings. The van der Waals surface area contributed by atoms with Gasteiger partial charge in [-0.3, -0.25) is 14.6 Å². The molecule has 1 amide bonds. The first-order valence-electron chi connectivity index (χ1n) is 8.51. The Bertz CT molecular complexity index is 600. The number of amides is 1. The third kappa shape index (κ3) is 6.44. The Morgan fingerprint density at radius 1 is 1.38 bits per heavy atom. The molecule has 0 bridgehead atoms. The quantitative estimate of drug-likeness (QED) is 0.720. The van der Waals surface area contributed by atoms with E-state index in [-0.39, 0.29) is 11.9 Å². The Labute approximate surface area is 160 Å². The number of piperidine rings is 1. The van der Waals surface area contributed by atoms with Crippen molar-refractivity contribution in [3.63, 3.8) is 0 Å². The number of aromatic nitrogens is 2. The second kappa shape index (κ2) is 8.66. The largest absolute Gasteiger partial charge is 0.483 e. The van der Waals surface area contributed by atoms with Crippen molar-refractivity contribution in [3.8, 4) is 0 Å². The van der Waals surface area contributed by atoms with Crippen molar-refractivity contribution < 1.29 is 14.7 Å². The van der Waals surface area contributed by atoms with E-state index >= 15 is 0 Å². The number of carboxylic acid groups (broad SMARTS) is 1. The van der Waals surface area contributed by atoms with E-state index in [1.165, 1.54) is 12.4 Å². The number of carbonyl (C=O) groups excluding carboxylic acids is 1. The predicted molar refractivity (Wildman–Crippen MR) is 102 cm³/mol. The number of nitrogens with zero attached hydrogens (tertiary/aromatic N) is 3. The van der Waals surface area contributed by atoms with E-state index < -0.39 is 0 Å². The second-order valence-corrected chi connectivity index (χ2v) is 8.83. The summed E-state index contributed by atoms with van der Waals surface area (Å²) >= 11 is 5.39. The van der Waals surface area contributed by atoms with Gasteiger partial charge >= 0.3 is 0 Å². The van der Waals surface area contributed by atoms with Gasteiger partial charge in [-0.2, -0.15) is 0 Å². The zero-order valence-corrected chi connectivity index (χ0v) is 16.8. The average Bonchev–Trinajstić information content (AvgIpc) is 2.86. The van der Waals surface area contributed by atoms with Crippen LogP contribution in [0.3, 0.4) is 0 Å². The lowest BCUT2D eigenvalue weighted by Gasteiger charge is -2.26. The molecule has 1 aromatic heterocycles. The normalized spacial score (nSPS) is 22.2. The maximum Gasteiger partial charge on any atom is 0.290 e. The number of carbonyl (C=O) groups is 2. The van der Waals surface area contributed by atoms with Gasteiger partial charge in [-0.15, -0.1) is 0 Å². The third-order valence-corrected chi connectivity index (χ3v) is 4.96. The smallest absolute Gasteiger partial charge is 0.290 e. The highest BCUT2D eigenvalue weighted by Gasteiger charge is 2.62. The lowest BCUT2D eigenvalue weighted by molar-refractivity contribution is -0.132. The molecule has 2 fully saturated rings. The van der Waals surface area contributed by atoms with E-state index in [2.05, 4.69) is 49.5 Å². The topological polar surface area (TPSA) is 109 Å². The molecule has 1 aliphatic carbocycles. The Morgan fingerprint density at radius 2 is 1.88 bits per heavy atom. The lowest BCUT2D eigenvalue weighted by atomic mass is 9.91. The van der Waals surface area contributed by atoms with Crippen LogP contribution < -0.4 is 5.73 Å². The van der Waals surface area contributed by atoms with Crippen LogP contribution in [-0.4, -0.2) is 45.4 Å². The van der Waals surface area contributed by atoms with Crippen molar-refractivity contribution in [2.24, 2.45) is 22.7 Å². The highest BCUT2D eigenvalue weighted by Crippen LogP contribution is 2.62. The maximum atomic E-state index is 12.0. The van der Waals surface area contributed by atoms with Crippen molar-refractivity contribution in [3.05, 3.63) is 17.5 Å². The number of anilines is 1. The van der Waals surface area contributed by atoms with Gasteiger partial charge in [-0.25, -0.2) is 4.98 Å². The number of likely N-dealkylation sites (tertiary alicyclic amines) is 1. The van der Waals surface area contributed by atoms with Gasteiger partial charge < -0.3 is 15.7 Å². The van der Waals surface area contributed by atoms with E-state index in [0.717, 1.165) is 24.9 Å². The van der Waals surface area contributed by atoms with Crippen molar-refractivity contribution in [2.75, 3.05) is 18.8 Å². The fraction of sp³-hybridized carbons (Fsp3) is 0.667. The van der Waals surface area contributed by atoms with Crippen molar-refractivity contribution in [1.82, 2.24) is 14.9 Å². The van der Waals surface area contributed by atoms with E-state index in [1.54, 1.807) is 0 Å². The van der Waals surface area contributed by atoms with Crippen LogP contribution in [-0.2, 0) is 9.59 Å². The lowest BCUT2D eigenvalue weighted by Crippen LogP contribution is -2.35. The van der Waals surface area contributed by atoms with Crippen molar-refractivity contribution in [1.29, 1.82) is 0 Å². The molecule has 7 nitrogen and oxygen atoms in total. The highest BCUT2D eigenvalue weighted by molar-refractivity contribution is 6.29. The molecule has 0 radical (unpaired) electrons. The summed E-state index contributed by atoms with van der Waals surface area (Å²) in [5, 5.41) is 7.21. The Balaban J connectivity index is 0.000000258. The van der Waals surface area contributed by atoms with E-state index in [4.69, 9.17) is 27.2 Å². The van der Waals surface area contributed by atoms with Crippen molar-refractivity contribution >= 4 is 29.8 Å². The van der Waals surface area contributed by atoms with Gasteiger partial charge in [0, 0.05) is 19.5 Å². The fourth-order valence-corrected chi connectivity index (χ4v) is 3.41. The second-order valence-electron chi connectivity index (χ2n) is 8.44. The molecule has 1 aliphatic heterocycles. The summed E-state index contributed by atoms with van der Waals surface area (Å²) in [5.74, 6) is 2.26. The molecule has 2 atom stereocenters. The molecule has 0 aromatic carbocycles. The SMILES string of the molecule is CC(C)(C)CC(=O)N1CC2C(C1)C2(C)C.Nc1cncc(Cl)n1.O=CO. The molecule has 2 unspecified atom stereocenters. The first kappa shape index (κ1) is 22.2. The summed E-state index contributed by atoms with van der Waals surface area (Å²) in [4.78, 5) is 29.7. The number of hydrogen-bond acceptors (Lipinski definition) is 5. The number of nitrogens with two attached hydrogens (primary N) is 1. The van der Waals surface area contributed by atoms with E-state index in [9.17, 15) is 4.79 Å². The number of hydrogen-bond donors (Lipinski definition) is 2. The summed E-state index contributed by atoms with van der Waals surface area (Å²) in [6, 6.07) is 0. The molecule has 8 heteroatoms. The van der Waals surface area contributed by atoms with Gasteiger partial charge in [-0.1, -0.05) is 46.2 Å². The van der Waals surface area contributed by atoms with Crippen LogP contribution in [0.1, 0.15) is 41.0 Å². The molecule has 3 N–H and O–H groups in total. The van der Waals surface area contributed by atoms with Gasteiger partial charge in [0.1, 0.15) is 11.0 Å². The molecular weight excluding hydrogens is 356 g/mol. The molecule has 0 spiro atoms. The minimum atomic E-state index is -0.250.